The number of hydrogen-bond donors (Lipinski definition) is 1. The van der Waals surface area contributed by atoms with Crippen LogP contribution >= 0.6 is 7.92 Å². The Labute approximate surface area is 191 Å². The highest BCUT2D eigenvalue weighted by atomic mass is 31.1. The van der Waals surface area contributed by atoms with Crippen molar-refractivity contribution in [1.29, 1.82) is 0 Å². The molecule has 0 saturated heterocycles. The summed E-state index contributed by atoms with van der Waals surface area (Å²) in [6, 6.07) is 49.5. The second kappa shape index (κ2) is 9.64. The van der Waals surface area contributed by atoms with Gasteiger partial charge in [-0.05, 0) is 47.6 Å². The zero-order valence-electron chi connectivity index (χ0n) is 17.7. The number of rotatable bonds is 6. The molecule has 0 radical (unpaired) electrons. The van der Waals surface area contributed by atoms with Gasteiger partial charge in [-0.25, -0.2) is 0 Å². The second-order valence-electron chi connectivity index (χ2n) is 7.56. The molecule has 154 valence electrons. The maximum atomic E-state index is 3.62. The summed E-state index contributed by atoms with van der Waals surface area (Å²) in [5.74, 6) is 0. The summed E-state index contributed by atoms with van der Waals surface area (Å²) < 4.78 is 0. The molecule has 5 aromatic rings. The van der Waals surface area contributed by atoms with Crippen molar-refractivity contribution in [2.45, 2.75) is 0 Å². The first-order valence-electron chi connectivity index (χ1n) is 10.8. The van der Waals surface area contributed by atoms with Crippen LogP contribution in [0.5, 0.6) is 0 Å². The fourth-order valence-electron chi connectivity index (χ4n) is 3.98. The molecular weight excluding hydrogens is 405 g/mol. The molecule has 0 aliphatic rings. The molecule has 0 aromatic heterocycles. The molecule has 0 atom stereocenters. The summed E-state index contributed by atoms with van der Waals surface area (Å²) in [5.41, 5.74) is 4.68. The van der Waals surface area contributed by atoms with Gasteiger partial charge in [0.1, 0.15) is 0 Å². The number of anilines is 2. The summed E-state index contributed by atoms with van der Waals surface area (Å²) >= 11 is 0. The molecule has 1 nitrogen and oxygen atoms in total. The minimum Gasteiger partial charge on any atom is -0.355 e. The summed E-state index contributed by atoms with van der Waals surface area (Å²) in [6.07, 6.45) is 0. The van der Waals surface area contributed by atoms with Crippen LogP contribution in [0.4, 0.5) is 11.4 Å². The summed E-state index contributed by atoms with van der Waals surface area (Å²) in [6.45, 7) is 0. The number of hydrogen-bond acceptors (Lipinski definition) is 1. The van der Waals surface area contributed by atoms with Gasteiger partial charge in [0.15, 0.2) is 0 Å². The average Bonchev–Trinajstić information content (AvgIpc) is 2.87. The Morgan fingerprint density at radius 2 is 0.875 bits per heavy atom. The van der Waals surface area contributed by atoms with Crippen molar-refractivity contribution in [3.8, 4) is 11.1 Å². The van der Waals surface area contributed by atoms with E-state index in [-0.39, 0.29) is 0 Å². The SMILES string of the molecule is c1ccc(Nc2ccccc2-c2ccccc2P(c2ccccc2)c2ccccc2)cc1. The maximum absolute atomic E-state index is 3.62. The van der Waals surface area contributed by atoms with E-state index >= 15 is 0 Å². The third-order valence-electron chi connectivity index (χ3n) is 5.44. The topological polar surface area (TPSA) is 12.0 Å². The van der Waals surface area contributed by atoms with Gasteiger partial charge < -0.3 is 5.32 Å². The lowest BCUT2D eigenvalue weighted by Crippen LogP contribution is -2.22. The fraction of sp³-hybridized carbons (Fsp3) is 0. The molecular formula is C30H24NP. The zero-order chi connectivity index (χ0) is 21.6. The minimum atomic E-state index is -0.690. The molecule has 5 rings (SSSR count). The Balaban J connectivity index is 1.66. The van der Waals surface area contributed by atoms with Crippen molar-refractivity contribution in [2.24, 2.45) is 0 Å². The van der Waals surface area contributed by atoms with Gasteiger partial charge in [-0.1, -0.05) is 121 Å². The molecule has 32 heavy (non-hydrogen) atoms. The smallest absolute Gasteiger partial charge is 0.0464 e. The highest BCUT2D eigenvalue weighted by molar-refractivity contribution is 7.80. The Bertz CT molecular complexity index is 1240. The van der Waals surface area contributed by atoms with Crippen molar-refractivity contribution in [3.63, 3.8) is 0 Å². The van der Waals surface area contributed by atoms with Gasteiger partial charge in [0, 0.05) is 16.9 Å². The van der Waals surface area contributed by atoms with E-state index in [2.05, 4.69) is 139 Å². The third kappa shape index (κ3) is 4.35. The van der Waals surface area contributed by atoms with Crippen LogP contribution in [0, 0.1) is 0 Å². The normalized spacial score (nSPS) is 10.8. The maximum Gasteiger partial charge on any atom is 0.0464 e. The van der Waals surface area contributed by atoms with Crippen LogP contribution in [0.15, 0.2) is 140 Å². The van der Waals surface area contributed by atoms with E-state index in [9.17, 15) is 0 Å². The Morgan fingerprint density at radius 1 is 0.406 bits per heavy atom. The van der Waals surface area contributed by atoms with E-state index < -0.39 is 7.92 Å². The van der Waals surface area contributed by atoms with Crippen LogP contribution in [0.1, 0.15) is 0 Å². The van der Waals surface area contributed by atoms with Crippen molar-refractivity contribution in [2.75, 3.05) is 5.32 Å². The lowest BCUT2D eigenvalue weighted by molar-refractivity contribution is 1.54. The van der Waals surface area contributed by atoms with Gasteiger partial charge in [-0.15, -0.1) is 0 Å². The van der Waals surface area contributed by atoms with E-state index in [0.717, 1.165) is 11.4 Å². The largest absolute Gasteiger partial charge is 0.355 e. The summed E-state index contributed by atoms with van der Waals surface area (Å²) in [4.78, 5) is 0. The summed E-state index contributed by atoms with van der Waals surface area (Å²) in [5, 5.41) is 7.70. The Kier molecular flexibility index (Phi) is 6.10. The van der Waals surface area contributed by atoms with Crippen LogP contribution in [0.25, 0.3) is 11.1 Å². The lowest BCUT2D eigenvalue weighted by atomic mass is 10.0. The van der Waals surface area contributed by atoms with Crippen molar-refractivity contribution >= 4 is 35.2 Å². The summed E-state index contributed by atoms with van der Waals surface area (Å²) in [7, 11) is -0.690. The van der Waals surface area contributed by atoms with Gasteiger partial charge in [0.05, 0.1) is 0 Å². The van der Waals surface area contributed by atoms with E-state index in [1.165, 1.54) is 27.0 Å². The van der Waals surface area contributed by atoms with Gasteiger partial charge >= 0.3 is 0 Å². The predicted octanol–water partition coefficient (Wildman–Crippen LogP) is 6.86. The molecule has 0 heterocycles. The molecule has 0 saturated carbocycles. The number of benzene rings is 5. The van der Waals surface area contributed by atoms with E-state index in [0.29, 0.717) is 0 Å². The number of para-hydroxylation sites is 2. The lowest BCUT2D eigenvalue weighted by Gasteiger charge is -2.23. The zero-order valence-corrected chi connectivity index (χ0v) is 18.6. The standard InChI is InChI=1S/C30H24NP/c1-4-14-24(15-5-1)31-29-22-12-10-20-27(29)28-21-11-13-23-30(28)32(25-16-6-2-7-17-25)26-18-8-3-9-19-26/h1-23,31H. The van der Waals surface area contributed by atoms with Crippen molar-refractivity contribution < 1.29 is 0 Å². The molecule has 0 aliphatic heterocycles. The van der Waals surface area contributed by atoms with E-state index in [4.69, 9.17) is 0 Å². The quantitative estimate of drug-likeness (QED) is 0.291. The molecule has 5 aromatic carbocycles. The molecule has 0 bridgehead atoms. The van der Waals surface area contributed by atoms with Crippen LogP contribution in [0.3, 0.4) is 0 Å². The average molecular weight is 430 g/mol. The van der Waals surface area contributed by atoms with Crippen LogP contribution < -0.4 is 21.2 Å². The second-order valence-corrected chi connectivity index (χ2v) is 9.75. The van der Waals surface area contributed by atoms with Gasteiger partial charge in [-0.3, -0.25) is 0 Å². The van der Waals surface area contributed by atoms with Crippen LogP contribution in [-0.4, -0.2) is 0 Å². The molecule has 0 spiro atoms. The van der Waals surface area contributed by atoms with Gasteiger partial charge in [0.25, 0.3) is 0 Å². The highest BCUT2D eigenvalue weighted by Gasteiger charge is 2.20. The minimum absolute atomic E-state index is 0.690. The van der Waals surface area contributed by atoms with Gasteiger partial charge in [-0.2, -0.15) is 0 Å². The number of nitrogens with one attached hydrogen (secondary N) is 1. The Hall–Kier alpha value is -3.67. The molecule has 0 unspecified atom stereocenters. The first-order chi connectivity index (χ1) is 15.9. The molecule has 1 N–H and O–H groups in total. The molecule has 0 aliphatic carbocycles. The van der Waals surface area contributed by atoms with E-state index in [1.54, 1.807) is 0 Å². The fourth-order valence-corrected chi connectivity index (χ4v) is 6.45. The molecule has 2 heteroatoms. The predicted molar refractivity (Wildman–Crippen MR) is 140 cm³/mol. The van der Waals surface area contributed by atoms with E-state index in [1.807, 2.05) is 6.07 Å². The third-order valence-corrected chi connectivity index (χ3v) is 7.94. The van der Waals surface area contributed by atoms with Gasteiger partial charge in [0.2, 0.25) is 0 Å². The Morgan fingerprint density at radius 3 is 1.50 bits per heavy atom. The first-order valence-corrected chi connectivity index (χ1v) is 12.1. The van der Waals surface area contributed by atoms with Crippen molar-refractivity contribution in [3.05, 3.63) is 140 Å². The van der Waals surface area contributed by atoms with Crippen molar-refractivity contribution in [1.82, 2.24) is 0 Å². The first kappa shape index (κ1) is 20.2. The monoisotopic (exact) mass is 429 g/mol. The molecule has 0 amide bonds. The molecule has 0 fully saturated rings. The highest BCUT2D eigenvalue weighted by Crippen LogP contribution is 2.39. The van der Waals surface area contributed by atoms with Crippen LogP contribution in [-0.2, 0) is 0 Å². The van der Waals surface area contributed by atoms with Crippen LogP contribution in [0.2, 0.25) is 0 Å².